The lowest BCUT2D eigenvalue weighted by atomic mass is 9.93. The number of rotatable bonds is 9. The highest BCUT2D eigenvalue weighted by Crippen LogP contribution is 2.40. The predicted octanol–water partition coefficient (Wildman–Crippen LogP) is 10.4. The molecule has 346 valence electrons. The molecule has 0 unspecified atom stereocenters. The van der Waals surface area contributed by atoms with Gasteiger partial charge in [-0.3, -0.25) is 10.2 Å². The summed E-state index contributed by atoms with van der Waals surface area (Å²) in [7, 11) is 2.17. The molecule has 5 N–H and O–H groups in total. The fraction of sp³-hybridized carbons (Fsp3) is 0.294. The van der Waals surface area contributed by atoms with E-state index in [9.17, 15) is 29.5 Å². The number of nitriles is 2. The molecule has 6 heterocycles. The smallest absolute Gasteiger partial charge is 0.182 e. The minimum absolute atomic E-state index is 0.107. The molecule has 0 radical (unpaired) electrons. The Morgan fingerprint density at radius 1 is 0.776 bits per heavy atom. The molecule has 0 bridgehead atoms. The quantitative estimate of drug-likeness (QED) is 0.0918. The van der Waals surface area contributed by atoms with Crippen LogP contribution in [0.5, 0.6) is 11.5 Å². The molecule has 0 atom stereocenters. The lowest BCUT2D eigenvalue weighted by Crippen LogP contribution is -2.43. The molecule has 1 aliphatic heterocycles. The zero-order valence-electron chi connectivity index (χ0n) is 38.8. The lowest BCUT2D eigenvalue weighted by molar-refractivity contribution is 0.335. The van der Waals surface area contributed by atoms with Gasteiger partial charge in [0, 0.05) is 71.9 Å². The number of piperazine rings is 1. The molecule has 0 saturated carbocycles. The molecule has 0 amide bonds. The first-order chi connectivity index (χ1) is 32.5. The van der Waals surface area contributed by atoms with Crippen molar-refractivity contribution in [1.29, 1.82) is 10.5 Å². The molecule has 3 aromatic carbocycles. The van der Waals surface area contributed by atoms with E-state index in [0.29, 0.717) is 39.3 Å². The highest BCUT2D eigenvalue weighted by Gasteiger charge is 2.25. The second-order valence-electron chi connectivity index (χ2n) is 15.6. The van der Waals surface area contributed by atoms with Crippen LogP contribution in [0.3, 0.4) is 0 Å². The van der Waals surface area contributed by atoms with Crippen LogP contribution in [0.15, 0.2) is 83.4 Å². The van der Waals surface area contributed by atoms with Gasteiger partial charge in [-0.15, -0.1) is 0 Å². The van der Waals surface area contributed by atoms with Crippen LogP contribution >= 0.6 is 0 Å². The zero-order valence-corrected chi connectivity index (χ0v) is 38.8. The number of aromatic hydroxyl groups is 2. The maximum atomic E-state index is 14.7. The summed E-state index contributed by atoms with van der Waals surface area (Å²) in [5.74, 6) is -0.563. The Kier molecular flexibility index (Phi) is 16.4. The van der Waals surface area contributed by atoms with Crippen molar-refractivity contribution in [2.45, 2.75) is 54.4 Å². The van der Waals surface area contributed by atoms with Gasteiger partial charge in [0.1, 0.15) is 46.8 Å². The Morgan fingerprint density at radius 3 is 1.90 bits per heavy atom. The van der Waals surface area contributed by atoms with Crippen LogP contribution in [0, 0.1) is 48.1 Å². The fourth-order valence-corrected chi connectivity index (χ4v) is 7.92. The average molecular weight is 908 g/mol. The van der Waals surface area contributed by atoms with E-state index < -0.39 is 11.6 Å². The van der Waals surface area contributed by atoms with Crippen molar-refractivity contribution in [1.82, 2.24) is 40.6 Å². The maximum Gasteiger partial charge on any atom is 0.182 e. The molecule has 14 nitrogen and oxygen atoms in total. The summed E-state index contributed by atoms with van der Waals surface area (Å²) >= 11 is 0. The largest absolute Gasteiger partial charge is 0.508 e. The number of nitrogens with zero attached hydrogens (tertiary/aromatic N) is 8. The van der Waals surface area contributed by atoms with Crippen LogP contribution in [0.1, 0.15) is 63.1 Å². The van der Waals surface area contributed by atoms with Crippen molar-refractivity contribution in [2.24, 2.45) is 0 Å². The van der Waals surface area contributed by atoms with Gasteiger partial charge in [-0.05, 0) is 101 Å². The number of phenols is 2. The van der Waals surface area contributed by atoms with Gasteiger partial charge in [-0.25, -0.2) is 18.7 Å². The molecular weight excluding hydrogens is 853 g/mol. The average Bonchev–Trinajstić information content (AvgIpc) is 4.09. The van der Waals surface area contributed by atoms with Gasteiger partial charge in [0.2, 0.25) is 0 Å². The molecule has 1 aliphatic rings. The van der Waals surface area contributed by atoms with Crippen LogP contribution in [-0.4, -0.2) is 91.8 Å². The molecule has 16 heteroatoms. The summed E-state index contributed by atoms with van der Waals surface area (Å²) in [5, 5.41) is 57.5. The number of anilines is 1. The number of aromatic nitrogens is 6. The predicted molar refractivity (Wildman–Crippen MR) is 258 cm³/mol. The molecule has 1 fully saturated rings. The number of pyridine rings is 2. The standard InChI is InChI=1S/C24H21FN6O.C18H11FN4O2.C7H17N.C2H6/c1-14-21-22(15-2-4-16(5-3-15)31-10-8-27-9-11-31)19(13-26)23(28-24(21)30-29-14)18-7-6-17(32)12-20(18)25;1-9-2-5-15(25-9)16-12(7-20)17(22-18-13(16)8-21-23-18)11-4-3-10(24)6-14(11)19;1-4-6-8(3)7-5-2;1-2/h2-7,12,27,32H,8-11H2,1H3,(H,28,29,30);2-6,8,24H,1H3,(H,21,22,23);4-7H2,1-3H3;1-2H3. The van der Waals surface area contributed by atoms with Crippen LogP contribution in [0.25, 0.3) is 67.0 Å². The van der Waals surface area contributed by atoms with E-state index in [0.717, 1.165) is 60.6 Å². The van der Waals surface area contributed by atoms with Crippen molar-refractivity contribution < 1.29 is 23.4 Å². The van der Waals surface area contributed by atoms with Gasteiger partial charge in [0.25, 0.3) is 0 Å². The number of benzene rings is 3. The van der Waals surface area contributed by atoms with E-state index in [2.05, 4.69) is 78.5 Å². The summed E-state index contributed by atoms with van der Waals surface area (Å²) < 4.78 is 34.7. The van der Waals surface area contributed by atoms with Gasteiger partial charge < -0.3 is 29.7 Å². The minimum Gasteiger partial charge on any atom is -0.508 e. The van der Waals surface area contributed by atoms with Gasteiger partial charge in [0.05, 0.1) is 39.5 Å². The van der Waals surface area contributed by atoms with Crippen LogP contribution in [-0.2, 0) is 0 Å². The highest BCUT2D eigenvalue weighted by atomic mass is 19.1. The number of hydrogen-bond donors (Lipinski definition) is 5. The number of fused-ring (bicyclic) bond motifs is 2. The number of aromatic amines is 2. The van der Waals surface area contributed by atoms with Crippen molar-refractivity contribution >= 4 is 27.8 Å². The Balaban J connectivity index is 0.000000188. The number of H-pyrrole nitrogens is 2. The van der Waals surface area contributed by atoms with Crippen molar-refractivity contribution in [2.75, 3.05) is 51.2 Å². The third-order valence-electron chi connectivity index (χ3n) is 11.0. The summed E-state index contributed by atoms with van der Waals surface area (Å²) in [6.45, 7) is 18.4. The Hall–Kier alpha value is -7.66. The number of halogens is 2. The van der Waals surface area contributed by atoms with E-state index in [1.54, 1.807) is 25.3 Å². The lowest BCUT2D eigenvalue weighted by Gasteiger charge is -2.29. The number of phenolic OH excluding ortho intramolecular Hbond substituents is 2. The first-order valence-electron chi connectivity index (χ1n) is 22.3. The number of furan rings is 1. The second kappa shape index (κ2) is 22.5. The normalized spacial score (nSPS) is 12.1. The zero-order chi connectivity index (χ0) is 48.2. The molecule has 8 aromatic rings. The SMILES string of the molecule is CC.CCCN(C)CCC.Cc1[nH]nc2nc(-c3ccc(O)cc3F)c(C#N)c(-c3ccc(N4CCNCC4)cc3)c12.Cc1ccc(-c2c(C#N)c(-c3ccc(O)cc3F)nc3[nH]ncc23)o1. The van der Waals surface area contributed by atoms with E-state index in [4.69, 9.17) is 4.42 Å². The Bertz CT molecular complexity index is 3030. The van der Waals surface area contributed by atoms with Crippen LogP contribution in [0.4, 0.5) is 14.5 Å². The Morgan fingerprint density at radius 2 is 1.36 bits per heavy atom. The van der Waals surface area contributed by atoms with Gasteiger partial charge in [-0.1, -0.05) is 39.8 Å². The molecule has 1 saturated heterocycles. The molecule has 67 heavy (non-hydrogen) atoms. The number of hydrogen-bond acceptors (Lipinski definition) is 12. The first kappa shape index (κ1) is 48.8. The summed E-state index contributed by atoms with van der Waals surface area (Å²) in [5.41, 5.74) is 5.75. The summed E-state index contributed by atoms with van der Waals surface area (Å²) in [4.78, 5) is 13.5. The van der Waals surface area contributed by atoms with E-state index >= 15 is 0 Å². The van der Waals surface area contributed by atoms with Crippen molar-refractivity contribution in [3.05, 3.63) is 113 Å². The van der Waals surface area contributed by atoms with E-state index in [-0.39, 0.29) is 45.1 Å². The van der Waals surface area contributed by atoms with E-state index in [1.807, 2.05) is 45.0 Å². The number of aryl methyl sites for hydroxylation is 2. The molecule has 9 rings (SSSR count). The number of nitrogens with one attached hydrogen (secondary N) is 3. The minimum atomic E-state index is -0.676. The van der Waals surface area contributed by atoms with E-state index in [1.165, 1.54) is 50.2 Å². The molecule has 0 spiro atoms. The van der Waals surface area contributed by atoms with Gasteiger partial charge in [0.15, 0.2) is 11.3 Å². The molecular formula is C51H55F2N11O3. The second-order valence-corrected chi connectivity index (χ2v) is 15.6. The topological polar surface area (TPSA) is 203 Å². The molecule has 5 aromatic heterocycles. The fourth-order valence-electron chi connectivity index (χ4n) is 7.92. The summed E-state index contributed by atoms with van der Waals surface area (Å²) in [6.07, 6.45) is 4.10. The maximum absolute atomic E-state index is 14.7. The van der Waals surface area contributed by atoms with Crippen molar-refractivity contribution in [3.8, 4) is 68.6 Å². The van der Waals surface area contributed by atoms with Crippen molar-refractivity contribution in [3.63, 3.8) is 0 Å². The Labute approximate surface area is 388 Å². The first-order valence-corrected chi connectivity index (χ1v) is 22.3. The monoisotopic (exact) mass is 907 g/mol. The van der Waals surface area contributed by atoms with Gasteiger partial charge >= 0.3 is 0 Å². The molecule has 0 aliphatic carbocycles. The van der Waals surface area contributed by atoms with Crippen LogP contribution < -0.4 is 10.2 Å². The highest BCUT2D eigenvalue weighted by molar-refractivity contribution is 6.01. The third kappa shape index (κ3) is 10.9. The van der Waals surface area contributed by atoms with Crippen LogP contribution in [0.2, 0.25) is 0 Å². The third-order valence-corrected chi connectivity index (χ3v) is 11.0. The summed E-state index contributed by atoms with van der Waals surface area (Å²) in [6, 6.07) is 23.4. The van der Waals surface area contributed by atoms with Gasteiger partial charge in [-0.2, -0.15) is 20.7 Å².